The van der Waals surface area contributed by atoms with Gasteiger partial charge in [0.2, 0.25) is 5.91 Å². The molecule has 1 aliphatic rings. The molecule has 1 amide bonds. The van der Waals surface area contributed by atoms with Gasteiger partial charge in [-0.1, -0.05) is 24.3 Å². The Balaban J connectivity index is 1.92. The zero-order valence-electron chi connectivity index (χ0n) is 12.3. The molecule has 1 aliphatic heterocycles. The lowest BCUT2D eigenvalue weighted by atomic mass is 10.0. The molecule has 0 spiro atoms. The van der Waals surface area contributed by atoms with E-state index in [0.29, 0.717) is 6.54 Å². The summed E-state index contributed by atoms with van der Waals surface area (Å²) in [6.07, 6.45) is 2.17. The maximum absolute atomic E-state index is 12.2. The molecule has 1 heterocycles. The second-order valence-corrected chi connectivity index (χ2v) is 5.47. The van der Waals surface area contributed by atoms with Gasteiger partial charge in [-0.25, -0.2) is 0 Å². The van der Waals surface area contributed by atoms with E-state index in [2.05, 4.69) is 5.32 Å². The van der Waals surface area contributed by atoms with Gasteiger partial charge in [-0.15, -0.1) is 0 Å². The molecule has 2 rings (SSSR count). The predicted molar refractivity (Wildman–Crippen MR) is 79.9 cm³/mol. The van der Waals surface area contributed by atoms with Gasteiger partial charge >= 0.3 is 5.97 Å². The third kappa shape index (κ3) is 4.29. The first-order chi connectivity index (χ1) is 10.1. The summed E-state index contributed by atoms with van der Waals surface area (Å²) in [5, 5.41) is 12.1. The molecule has 1 fully saturated rings. The Kier molecular flexibility index (Phi) is 5.33. The lowest BCUT2D eigenvalue weighted by Gasteiger charge is -2.21. The molecular weight excluding hydrogens is 268 g/mol. The number of hydrogen-bond acceptors (Lipinski definition) is 3. The van der Waals surface area contributed by atoms with Gasteiger partial charge in [-0.2, -0.15) is 0 Å². The van der Waals surface area contributed by atoms with Crippen molar-refractivity contribution in [1.29, 1.82) is 0 Å². The topological polar surface area (TPSA) is 69.6 Å². The Labute approximate surface area is 125 Å². The highest BCUT2D eigenvalue weighted by atomic mass is 16.4. The van der Waals surface area contributed by atoms with Gasteiger partial charge in [0.15, 0.2) is 0 Å². The molecule has 0 aromatic heterocycles. The molecule has 1 aromatic carbocycles. The molecule has 1 aromatic rings. The van der Waals surface area contributed by atoms with Crippen molar-refractivity contribution in [1.82, 2.24) is 10.2 Å². The van der Waals surface area contributed by atoms with Crippen LogP contribution in [0.5, 0.6) is 0 Å². The van der Waals surface area contributed by atoms with E-state index >= 15 is 0 Å². The van der Waals surface area contributed by atoms with Gasteiger partial charge in [0.1, 0.15) is 0 Å². The minimum absolute atomic E-state index is 0.00626. The van der Waals surface area contributed by atoms with E-state index in [9.17, 15) is 9.59 Å². The minimum Gasteiger partial charge on any atom is -0.481 e. The number of carbonyl (C=O) groups excluding carboxylic acids is 1. The zero-order valence-corrected chi connectivity index (χ0v) is 12.3. The van der Waals surface area contributed by atoms with E-state index in [1.54, 1.807) is 0 Å². The summed E-state index contributed by atoms with van der Waals surface area (Å²) >= 11 is 0. The van der Waals surface area contributed by atoms with Crippen molar-refractivity contribution in [2.24, 2.45) is 0 Å². The number of likely N-dealkylation sites (tertiary alicyclic amines) is 1. The Morgan fingerprint density at radius 2 is 1.86 bits per heavy atom. The smallest absolute Gasteiger partial charge is 0.307 e. The number of rotatable bonds is 6. The first-order valence-corrected chi connectivity index (χ1v) is 7.38. The first-order valence-electron chi connectivity index (χ1n) is 7.38. The van der Waals surface area contributed by atoms with Crippen molar-refractivity contribution in [3.05, 3.63) is 35.4 Å². The van der Waals surface area contributed by atoms with Crippen LogP contribution in [0.1, 0.15) is 30.9 Å². The fourth-order valence-electron chi connectivity index (χ4n) is 2.63. The van der Waals surface area contributed by atoms with Crippen LogP contribution in [0.4, 0.5) is 0 Å². The molecule has 5 heteroatoms. The molecule has 0 bridgehead atoms. The monoisotopic (exact) mass is 290 g/mol. The zero-order chi connectivity index (χ0) is 15.2. The van der Waals surface area contributed by atoms with E-state index in [0.717, 1.165) is 37.1 Å². The van der Waals surface area contributed by atoms with Crippen LogP contribution in [0.3, 0.4) is 0 Å². The van der Waals surface area contributed by atoms with Gasteiger partial charge in [0.25, 0.3) is 0 Å². The Bertz CT molecular complexity index is 510. The molecule has 1 saturated heterocycles. The summed E-state index contributed by atoms with van der Waals surface area (Å²) in [7, 11) is 0. The summed E-state index contributed by atoms with van der Waals surface area (Å²) in [5.41, 5.74) is 1.72. The molecule has 5 nitrogen and oxygen atoms in total. The highest BCUT2D eigenvalue weighted by Gasteiger charge is 2.22. The molecule has 0 saturated carbocycles. The van der Waals surface area contributed by atoms with Gasteiger partial charge in [-0.3, -0.25) is 9.59 Å². The van der Waals surface area contributed by atoms with Gasteiger partial charge in [0.05, 0.1) is 12.5 Å². The molecule has 21 heavy (non-hydrogen) atoms. The second-order valence-electron chi connectivity index (χ2n) is 5.47. The normalized spacial score (nSPS) is 16.0. The average molecular weight is 290 g/mol. The summed E-state index contributed by atoms with van der Waals surface area (Å²) in [6, 6.07) is 7.19. The second kappa shape index (κ2) is 7.22. The lowest BCUT2D eigenvalue weighted by Crippen LogP contribution is -2.43. The summed E-state index contributed by atoms with van der Waals surface area (Å²) < 4.78 is 0. The van der Waals surface area contributed by atoms with E-state index < -0.39 is 5.97 Å². The number of carboxylic acids is 1. The van der Waals surface area contributed by atoms with Crippen LogP contribution in [-0.2, 0) is 22.6 Å². The van der Waals surface area contributed by atoms with E-state index in [1.807, 2.05) is 36.1 Å². The molecule has 1 unspecified atom stereocenters. The van der Waals surface area contributed by atoms with Gasteiger partial charge < -0.3 is 15.3 Å². The van der Waals surface area contributed by atoms with E-state index in [4.69, 9.17) is 5.11 Å². The number of carbonyl (C=O) groups is 2. The van der Waals surface area contributed by atoms with Crippen molar-refractivity contribution in [2.45, 2.75) is 38.8 Å². The van der Waals surface area contributed by atoms with Gasteiger partial charge in [-0.05, 0) is 30.9 Å². The highest BCUT2D eigenvalue weighted by Crippen LogP contribution is 2.12. The Morgan fingerprint density at radius 1 is 1.24 bits per heavy atom. The van der Waals surface area contributed by atoms with Crippen molar-refractivity contribution >= 4 is 11.9 Å². The fourth-order valence-corrected chi connectivity index (χ4v) is 2.63. The number of hydrogen-bond donors (Lipinski definition) is 2. The number of aliphatic carboxylic acids is 1. The first kappa shape index (κ1) is 15.5. The van der Waals surface area contributed by atoms with E-state index in [-0.39, 0.29) is 18.4 Å². The van der Waals surface area contributed by atoms with Crippen LogP contribution in [0.15, 0.2) is 24.3 Å². The van der Waals surface area contributed by atoms with Crippen LogP contribution >= 0.6 is 0 Å². The Morgan fingerprint density at radius 3 is 2.48 bits per heavy atom. The van der Waals surface area contributed by atoms with E-state index in [1.165, 1.54) is 0 Å². The summed E-state index contributed by atoms with van der Waals surface area (Å²) in [6.45, 7) is 4.06. The molecule has 0 radical (unpaired) electrons. The van der Waals surface area contributed by atoms with Crippen LogP contribution in [0.2, 0.25) is 0 Å². The van der Waals surface area contributed by atoms with Crippen LogP contribution in [-0.4, -0.2) is 41.0 Å². The maximum atomic E-state index is 12.2. The standard InChI is InChI=1S/C16H22N2O3/c1-12(16(21)18-8-4-5-9-18)17-11-14-7-3-2-6-13(14)10-15(19)20/h2-3,6-7,12,17H,4-5,8-11H2,1H3,(H,19,20). The average Bonchev–Trinajstić information content (AvgIpc) is 2.98. The molecule has 2 N–H and O–H groups in total. The molecular formula is C16H22N2O3. The molecule has 1 atom stereocenters. The fraction of sp³-hybridized carbons (Fsp3) is 0.500. The number of benzene rings is 1. The van der Waals surface area contributed by atoms with Crippen LogP contribution < -0.4 is 5.32 Å². The van der Waals surface area contributed by atoms with Gasteiger partial charge in [0, 0.05) is 19.6 Å². The minimum atomic E-state index is -0.844. The molecule has 0 aliphatic carbocycles. The van der Waals surface area contributed by atoms with Crippen molar-refractivity contribution in [3.63, 3.8) is 0 Å². The SMILES string of the molecule is CC(NCc1ccccc1CC(=O)O)C(=O)N1CCCC1. The van der Waals surface area contributed by atoms with Crippen molar-refractivity contribution < 1.29 is 14.7 Å². The lowest BCUT2D eigenvalue weighted by molar-refractivity contribution is -0.136. The van der Waals surface area contributed by atoms with Crippen LogP contribution in [0.25, 0.3) is 0 Å². The molecule has 114 valence electrons. The number of carboxylic acid groups (broad SMARTS) is 1. The van der Waals surface area contributed by atoms with Crippen molar-refractivity contribution in [2.75, 3.05) is 13.1 Å². The number of nitrogens with zero attached hydrogens (tertiary/aromatic N) is 1. The Hall–Kier alpha value is -1.88. The highest BCUT2D eigenvalue weighted by molar-refractivity contribution is 5.81. The third-order valence-corrected chi connectivity index (χ3v) is 3.85. The largest absolute Gasteiger partial charge is 0.481 e. The summed E-state index contributed by atoms with van der Waals surface area (Å²) in [4.78, 5) is 24.9. The summed E-state index contributed by atoms with van der Waals surface area (Å²) in [5.74, 6) is -0.716. The predicted octanol–water partition coefficient (Wildman–Crippen LogP) is 1.41. The number of amides is 1. The quantitative estimate of drug-likeness (QED) is 0.831. The number of nitrogens with one attached hydrogen (secondary N) is 1. The van der Waals surface area contributed by atoms with Crippen molar-refractivity contribution in [3.8, 4) is 0 Å². The maximum Gasteiger partial charge on any atom is 0.307 e. The van der Waals surface area contributed by atoms with Crippen LogP contribution in [0, 0.1) is 0 Å². The third-order valence-electron chi connectivity index (χ3n) is 3.85.